The predicted octanol–water partition coefficient (Wildman–Crippen LogP) is -2.62. The van der Waals surface area contributed by atoms with Crippen LogP contribution in [-0.4, -0.2) is 82.1 Å². The standard InChI is InChI=1S/C11H24N4O7/c12-9(14-19)1-3-21-6-8(18)11(7(17)5-16)22-4-2-10(13)15-20/h7-8,11,16-20H,1-6H2,(H2,12,14)(H2,13,15). The van der Waals surface area contributed by atoms with Gasteiger partial charge in [0.1, 0.15) is 30.0 Å². The van der Waals surface area contributed by atoms with Crippen LogP contribution in [0.5, 0.6) is 0 Å². The normalized spacial score (nSPS) is 17.2. The molecule has 0 aliphatic heterocycles. The third-order valence-corrected chi connectivity index (χ3v) is 2.66. The van der Waals surface area contributed by atoms with Gasteiger partial charge in [0.2, 0.25) is 0 Å². The Bertz CT molecular complexity index is 353. The van der Waals surface area contributed by atoms with E-state index in [2.05, 4.69) is 10.3 Å². The van der Waals surface area contributed by atoms with Gasteiger partial charge in [0.15, 0.2) is 0 Å². The Hall–Kier alpha value is -1.66. The highest BCUT2D eigenvalue weighted by Crippen LogP contribution is 2.07. The Kier molecular flexibility index (Phi) is 11.0. The average molecular weight is 324 g/mol. The maximum absolute atomic E-state index is 9.91. The average Bonchev–Trinajstić information content (AvgIpc) is 2.53. The maximum Gasteiger partial charge on any atom is 0.141 e. The number of nitrogens with zero attached hydrogens (tertiary/aromatic N) is 2. The first kappa shape index (κ1) is 20.3. The number of aliphatic hydroxyl groups is 3. The van der Waals surface area contributed by atoms with Crippen molar-refractivity contribution in [2.75, 3.05) is 26.4 Å². The molecule has 0 saturated carbocycles. The van der Waals surface area contributed by atoms with Crippen LogP contribution in [0.25, 0.3) is 0 Å². The quantitative estimate of drug-likeness (QED) is 0.0660. The van der Waals surface area contributed by atoms with Crippen molar-refractivity contribution in [1.82, 2.24) is 0 Å². The molecule has 22 heavy (non-hydrogen) atoms. The Labute approximate surface area is 127 Å². The monoisotopic (exact) mass is 324 g/mol. The van der Waals surface area contributed by atoms with Gasteiger partial charge in [-0.3, -0.25) is 0 Å². The second-order valence-corrected chi connectivity index (χ2v) is 4.41. The minimum atomic E-state index is -1.32. The van der Waals surface area contributed by atoms with Gasteiger partial charge in [-0.15, -0.1) is 0 Å². The zero-order valence-electron chi connectivity index (χ0n) is 12.1. The van der Waals surface area contributed by atoms with E-state index in [1.807, 2.05) is 0 Å². The van der Waals surface area contributed by atoms with Crippen LogP contribution in [-0.2, 0) is 9.47 Å². The Morgan fingerprint density at radius 2 is 1.50 bits per heavy atom. The molecule has 0 heterocycles. The molecule has 0 fully saturated rings. The number of aliphatic hydroxyl groups excluding tert-OH is 3. The molecule has 3 atom stereocenters. The van der Waals surface area contributed by atoms with Crippen molar-refractivity contribution in [2.45, 2.75) is 31.2 Å². The van der Waals surface area contributed by atoms with Gasteiger partial charge in [0, 0.05) is 12.8 Å². The number of hydrogen-bond donors (Lipinski definition) is 7. The zero-order valence-corrected chi connectivity index (χ0v) is 12.1. The van der Waals surface area contributed by atoms with Crippen molar-refractivity contribution >= 4 is 11.7 Å². The third-order valence-electron chi connectivity index (χ3n) is 2.66. The van der Waals surface area contributed by atoms with E-state index in [0.29, 0.717) is 0 Å². The maximum atomic E-state index is 9.91. The van der Waals surface area contributed by atoms with E-state index >= 15 is 0 Å². The molecule has 0 aromatic carbocycles. The molecule has 0 amide bonds. The molecule has 0 aromatic rings. The number of hydrogen-bond acceptors (Lipinski definition) is 9. The summed E-state index contributed by atoms with van der Waals surface area (Å²) in [6.45, 7) is -0.739. The number of ether oxygens (including phenoxy) is 2. The van der Waals surface area contributed by atoms with Crippen LogP contribution >= 0.6 is 0 Å². The van der Waals surface area contributed by atoms with Crippen LogP contribution in [0, 0.1) is 0 Å². The highest BCUT2D eigenvalue weighted by atomic mass is 16.5. The van der Waals surface area contributed by atoms with Crippen LogP contribution < -0.4 is 11.5 Å². The molecule has 0 spiro atoms. The lowest BCUT2D eigenvalue weighted by atomic mass is 10.1. The summed E-state index contributed by atoms with van der Waals surface area (Å²) in [5.41, 5.74) is 10.5. The molecule has 130 valence electrons. The molecule has 0 radical (unpaired) electrons. The van der Waals surface area contributed by atoms with Gasteiger partial charge in [-0.1, -0.05) is 10.3 Å². The highest BCUT2D eigenvalue weighted by Gasteiger charge is 2.27. The molecule has 11 heteroatoms. The summed E-state index contributed by atoms with van der Waals surface area (Å²) in [5.74, 6) is -0.0850. The van der Waals surface area contributed by atoms with Gasteiger partial charge in [0.05, 0.1) is 26.4 Å². The van der Waals surface area contributed by atoms with Crippen molar-refractivity contribution in [3.8, 4) is 0 Å². The van der Waals surface area contributed by atoms with E-state index in [0.717, 1.165) is 0 Å². The molecular weight excluding hydrogens is 300 g/mol. The van der Waals surface area contributed by atoms with Crippen molar-refractivity contribution in [1.29, 1.82) is 0 Å². The van der Waals surface area contributed by atoms with E-state index in [-0.39, 0.29) is 44.3 Å². The molecular formula is C11H24N4O7. The van der Waals surface area contributed by atoms with Crippen molar-refractivity contribution < 1.29 is 35.2 Å². The first-order valence-corrected chi connectivity index (χ1v) is 6.55. The molecule has 0 aromatic heterocycles. The Morgan fingerprint density at radius 3 is 2.00 bits per heavy atom. The summed E-state index contributed by atoms with van der Waals surface area (Å²) in [6, 6.07) is 0. The second kappa shape index (κ2) is 11.9. The van der Waals surface area contributed by atoms with Crippen LogP contribution in [0.15, 0.2) is 10.3 Å². The van der Waals surface area contributed by atoms with Gasteiger partial charge in [-0.2, -0.15) is 0 Å². The lowest BCUT2D eigenvalue weighted by Crippen LogP contribution is -2.44. The largest absolute Gasteiger partial charge is 0.409 e. The van der Waals surface area contributed by atoms with Gasteiger partial charge >= 0.3 is 0 Å². The van der Waals surface area contributed by atoms with Gasteiger partial charge in [-0.05, 0) is 0 Å². The lowest BCUT2D eigenvalue weighted by Gasteiger charge is -2.26. The molecule has 9 N–H and O–H groups in total. The fourth-order valence-electron chi connectivity index (χ4n) is 1.46. The first-order valence-electron chi connectivity index (χ1n) is 6.55. The van der Waals surface area contributed by atoms with Crippen LogP contribution in [0.2, 0.25) is 0 Å². The summed E-state index contributed by atoms with van der Waals surface area (Å²) in [5, 5.41) is 50.7. The molecule has 0 saturated heterocycles. The topological polar surface area (TPSA) is 196 Å². The summed E-state index contributed by atoms with van der Waals surface area (Å²) in [7, 11) is 0. The zero-order chi connectivity index (χ0) is 17.0. The van der Waals surface area contributed by atoms with Gasteiger partial charge in [0.25, 0.3) is 0 Å². The summed E-state index contributed by atoms with van der Waals surface area (Å²) < 4.78 is 10.3. The predicted molar refractivity (Wildman–Crippen MR) is 75.7 cm³/mol. The van der Waals surface area contributed by atoms with E-state index in [1.54, 1.807) is 0 Å². The molecule has 0 bridgehead atoms. The van der Waals surface area contributed by atoms with Gasteiger partial charge < -0.3 is 46.7 Å². The van der Waals surface area contributed by atoms with E-state index in [4.69, 9.17) is 36.5 Å². The highest BCUT2D eigenvalue weighted by molar-refractivity contribution is 5.79. The number of nitrogens with two attached hydrogens (primary N) is 2. The summed E-state index contributed by atoms with van der Waals surface area (Å²) in [4.78, 5) is 0. The van der Waals surface area contributed by atoms with Crippen LogP contribution in [0.4, 0.5) is 0 Å². The number of amidine groups is 2. The van der Waals surface area contributed by atoms with Gasteiger partial charge in [-0.25, -0.2) is 0 Å². The second-order valence-electron chi connectivity index (χ2n) is 4.41. The van der Waals surface area contributed by atoms with E-state index in [1.165, 1.54) is 0 Å². The van der Waals surface area contributed by atoms with Crippen molar-refractivity contribution in [3.63, 3.8) is 0 Å². The molecule has 0 aliphatic rings. The number of oxime groups is 2. The smallest absolute Gasteiger partial charge is 0.141 e. The molecule has 3 unspecified atom stereocenters. The summed E-state index contributed by atoms with van der Waals surface area (Å²) >= 11 is 0. The fraction of sp³-hybridized carbons (Fsp3) is 0.818. The number of rotatable bonds is 12. The first-order chi connectivity index (χ1) is 10.5. The van der Waals surface area contributed by atoms with Crippen LogP contribution in [0.1, 0.15) is 12.8 Å². The third kappa shape index (κ3) is 8.59. The lowest BCUT2D eigenvalue weighted by molar-refractivity contribution is -0.128. The fourth-order valence-corrected chi connectivity index (χ4v) is 1.46. The minimum Gasteiger partial charge on any atom is -0.409 e. The minimum absolute atomic E-state index is 0.0172. The molecule has 11 nitrogen and oxygen atoms in total. The van der Waals surface area contributed by atoms with E-state index in [9.17, 15) is 10.2 Å². The van der Waals surface area contributed by atoms with E-state index < -0.39 is 24.9 Å². The SMILES string of the molecule is NC(CCOCC(O)C(OCCC(N)=NO)C(O)CO)=NO. The Balaban J connectivity index is 4.24. The molecule has 0 aliphatic carbocycles. The van der Waals surface area contributed by atoms with Crippen molar-refractivity contribution in [2.24, 2.45) is 21.8 Å². The summed E-state index contributed by atoms with van der Waals surface area (Å²) in [6.07, 6.45) is -3.40. The van der Waals surface area contributed by atoms with Crippen LogP contribution in [0.3, 0.4) is 0 Å². The Morgan fingerprint density at radius 1 is 0.955 bits per heavy atom. The van der Waals surface area contributed by atoms with Crippen molar-refractivity contribution in [3.05, 3.63) is 0 Å². The molecule has 0 rings (SSSR count).